The number of aldehydes is 1. The summed E-state index contributed by atoms with van der Waals surface area (Å²) in [4.78, 5) is 9.76. The van der Waals surface area contributed by atoms with Crippen molar-refractivity contribution in [3.8, 4) is 0 Å². The molecule has 0 aromatic heterocycles. The first kappa shape index (κ1) is 5.11. The van der Waals surface area contributed by atoms with E-state index in [-0.39, 0.29) is 0 Å². The number of hydrogen-bond donors (Lipinski definition) is 0. The molecule has 0 saturated heterocycles. The molecule has 0 spiro atoms. The van der Waals surface area contributed by atoms with Crippen LogP contribution in [0.1, 0.15) is 0 Å². The fourth-order valence-electron chi connectivity index (χ4n) is 0.313. The van der Waals surface area contributed by atoms with Gasteiger partial charge in [-0.1, -0.05) is 0 Å². The summed E-state index contributed by atoms with van der Waals surface area (Å²) in [5.41, 5.74) is 0. The van der Waals surface area contributed by atoms with Crippen molar-refractivity contribution >= 4 is 31.3 Å². The molecular weight excluding hydrogens is 289 g/mol. The zero-order valence-corrected chi connectivity index (χ0v) is 6.97. The summed E-state index contributed by atoms with van der Waals surface area (Å²) in [5.74, 6) is 0. The number of allylic oxidation sites excluding steroid dienone is 2. The minimum atomic E-state index is -2.49. The molecule has 0 aromatic carbocycles. The Morgan fingerprint density at radius 3 is 2.43 bits per heavy atom. The molecule has 1 aliphatic heterocycles. The third-order valence-corrected chi connectivity index (χ3v) is 5.36. The first-order valence-corrected chi connectivity index (χ1v) is 6.98. The number of carbonyl (C=O) groups excluding carboxylic acids is 1. The Balaban J connectivity index is 2.83. The van der Waals surface area contributed by atoms with Crippen molar-refractivity contribution in [3.63, 3.8) is 0 Å². The van der Waals surface area contributed by atoms with Gasteiger partial charge in [0, 0.05) is 0 Å². The van der Waals surface area contributed by atoms with Crippen molar-refractivity contribution in [2.45, 2.75) is 0 Å². The topological polar surface area (TPSA) is 34.1 Å². The number of rotatable bonds is 1. The average molecular weight is 292 g/mol. The Hall–Kier alpha value is -0.0369. The van der Waals surface area contributed by atoms with E-state index in [2.05, 4.69) is 0 Å². The molecule has 7 heavy (non-hydrogen) atoms. The van der Waals surface area contributed by atoms with Gasteiger partial charge in [0.15, 0.2) is 0 Å². The van der Waals surface area contributed by atoms with Crippen LogP contribution in [0.4, 0.5) is 0 Å². The van der Waals surface area contributed by atoms with Crippen LogP contribution in [0.5, 0.6) is 0 Å². The van der Waals surface area contributed by atoms with Crippen LogP contribution in [-0.4, -0.2) is 31.3 Å². The average Bonchev–Trinajstić information content (AvgIpc) is 1.65. The fraction of sp³-hybridized carbons (Fsp3) is 0. The van der Waals surface area contributed by atoms with Crippen molar-refractivity contribution in [2.24, 2.45) is 0 Å². The first-order chi connectivity index (χ1) is 3.34. The van der Waals surface area contributed by atoms with Crippen molar-refractivity contribution in [1.82, 2.24) is 0 Å². The van der Waals surface area contributed by atoms with Crippen molar-refractivity contribution in [1.29, 1.82) is 0 Å². The van der Waals surface area contributed by atoms with Crippen molar-refractivity contribution in [3.05, 3.63) is 9.36 Å². The Morgan fingerprint density at radius 2 is 2.43 bits per heavy atom. The quantitative estimate of drug-likeness (QED) is 0.481. The molecular formula is C4H3BiO2. The molecule has 3 heteroatoms. The molecule has 0 aromatic rings. The van der Waals surface area contributed by atoms with E-state index >= 15 is 0 Å². The second kappa shape index (κ2) is 1.83. The van der Waals surface area contributed by atoms with Gasteiger partial charge in [-0.25, -0.2) is 0 Å². The molecule has 1 aliphatic rings. The Labute approximate surface area is 48.4 Å². The predicted molar refractivity (Wildman–Crippen MR) is 26.7 cm³/mol. The summed E-state index contributed by atoms with van der Waals surface area (Å²) >= 11 is -2.49. The molecule has 0 amide bonds. The summed E-state index contributed by atoms with van der Waals surface area (Å²) in [7, 11) is 0. The summed E-state index contributed by atoms with van der Waals surface area (Å²) in [6.07, 6.45) is 2.31. The van der Waals surface area contributed by atoms with E-state index in [0.29, 0.717) is 9.57 Å². The van der Waals surface area contributed by atoms with Gasteiger partial charge >= 0.3 is 48.2 Å². The van der Waals surface area contributed by atoms with Crippen LogP contribution in [-0.2, 0) is 7.61 Å². The van der Waals surface area contributed by atoms with Crippen LogP contribution >= 0.6 is 0 Å². The fourth-order valence-corrected chi connectivity index (χ4v) is 2.44. The Morgan fingerprint density at radius 1 is 1.71 bits per heavy atom. The van der Waals surface area contributed by atoms with Crippen LogP contribution in [0.3, 0.4) is 0 Å². The van der Waals surface area contributed by atoms with Gasteiger partial charge in [-0.05, 0) is 0 Å². The van der Waals surface area contributed by atoms with E-state index in [4.69, 9.17) is 0 Å². The van der Waals surface area contributed by atoms with E-state index in [1.807, 2.05) is 0 Å². The van der Waals surface area contributed by atoms with Gasteiger partial charge in [0.1, 0.15) is 0 Å². The summed E-state index contributed by atoms with van der Waals surface area (Å²) in [5, 5.41) is 0. The third kappa shape index (κ3) is 0.779. The third-order valence-electron chi connectivity index (χ3n) is 0.756. The normalized spacial score (nSPS) is 16.6. The van der Waals surface area contributed by atoms with E-state index in [0.717, 1.165) is 0 Å². The van der Waals surface area contributed by atoms with Gasteiger partial charge in [0.25, 0.3) is 0 Å². The minimum absolute atomic E-state index is 0.565. The monoisotopic (exact) mass is 292 g/mol. The summed E-state index contributed by atoms with van der Waals surface area (Å²) < 4.78 is 12.6. The van der Waals surface area contributed by atoms with E-state index < -0.39 is 21.3 Å². The second-order valence-corrected chi connectivity index (χ2v) is 6.88. The molecule has 0 fully saturated rings. The first-order valence-electron chi connectivity index (χ1n) is 1.81. The maximum atomic E-state index is 10.4. The zero-order chi connectivity index (χ0) is 5.28. The SMILES string of the molecule is O=C[C]1=C[CH]=[Bi]1=[O]. The van der Waals surface area contributed by atoms with Crippen LogP contribution in [0.2, 0.25) is 0 Å². The Bertz CT molecular complexity index is 196. The van der Waals surface area contributed by atoms with E-state index in [9.17, 15) is 7.61 Å². The molecule has 0 N–H and O–H groups in total. The second-order valence-electron chi connectivity index (χ2n) is 1.18. The molecule has 0 atom stereocenters. The van der Waals surface area contributed by atoms with Crippen LogP contribution < -0.4 is 0 Å². The van der Waals surface area contributed by atoms with Gasteiger partial charge in [0.2, 0.25) is 0 Å². The zero-order valence-electron chi connectivity index (χ0n) is 3.50. The van der Waals surface area contributed by atoms with Gasteiger partial charge < -0.3 is 0 Å². The molecule has 0 aliphatic carbocycles. The molecule has 2 nitrogen and oxygen atoms in total. The molecule has 0 bridgehead atoms. The molecule has 0 radical (unpaired) electrons. The maximum absolute atomic E-state index is 10.4. The standard InChI is InChI=1S/C4H3O.Bi.O/c1-2-3-4-5;;/h1-2,4H;;. The molecule has 1 rings (SSSR count). The van der Waals surface area contributed by atoms with Gasteiger partial charge in [-0.3, -0.25) is 0 Å². The molecule has 0 unspecified atom stereocenters. The molecule has 0 saturated carbocycles. The van der Waals surface area contributed by atoms with Crippen molar-refractivity contribution in [2.75, 3.05) is 0 Å². The van der Waals surface area contributed by atoms with E-state index in [1.165, 1.54) is 0 Å². The predicted octanol–water partition coefficient (Wildman–Crippen LogP) is -0.530. The number of carbonyl (C=O) groups is 1. The molecule has 36 valence electrons. The van der Waals surface area contributed by atoms with Crippen LogP contribution in [0.15, 0.2) is 9.36 Å². The summed E-state index contributed by atoms with van der Waals surface area (Å²) in [6, 6.07) is 0. The van der Waals surface area contributed by atoms with Crippen LogP contribution in [0, 0.1) is 0 Å². The van der Waals surface area contributed by atoms with Gasteiger partial charge in [0.05, 0.1) is 0 Å². The van der Waals surface area contributed by atoms with E-state index in [1.54, 1.807) is 9.78 Å². The van der Waals surface area contributed by atoms with Gasteiger partial charge in [-0.2, -0.15) is 0 Å². The summed E-state index contributed by atoms with van der Waals surface area (Å²) in [6.45, 7) is 0. The molecule has 1 heterocycles. The van der Waals surface area contributed by atoms with Crippen LogP contribution in [0.25, 0.3) is 0 Å². The number of hydrogen-bond acceptors (Lipinski definition) is 2. The van der Waals surface area contributed by atoms with Crippen molar-refractivity contribution < 1.29 is 7.61 Å². The van der Waals surface area contributed by atoms with Gasteiger partial charge in [-0.15, -0.1) is 0 Å². The Kier molecular flexibility index (Phi) is 1.33.